The van der Waals surface area contributed by atoms with Gasteiger partial charge in [0.1, 0.15) is 6.04 Å². The van der Waals surface area contributed by atoms with Crippen LogP contribution in [0.1, 0.15) is 16.8 Å². The molecule has 124 valence electrons. The van der Waals surface area contributed by atoms with Gasteiger partial charge in [-0.1, -0.05) is 36.4 Å². The van der Waals surface area contributed by atoms with E-state index >= 15 is 0 Å². The minimum atomic E-state index is -0.486. The van der Waals surface area contributed by atoms with Crippen LogP contribution >= 0.6 is 0 Å². The Hall–Kier alpha value is -2.69. The molecule has 2 aromatic rings. The number of aryl methyl sites for hydroxylation is 1. The Balaban J connectivity index is 1.89. The first-order chi connectivity index (χ1) is 11.6. The van der Waals surface area contributed by atoms with E-state index in [4.69, 9.17) is 0 Å². The molecule has 1 aliphatic rings. The highest BCUT2D eigenvalue weighted by atomic mass is 16.2. The second-order valence-corrected chi connectivity index (χ2v) is 6.19. The monoisotopic (exact) mass is 323 g/mol. The molecule has 1 aromatic carbocycles. The van der Waals surface area contributed by atoms with Gasteiger partial charge in [0.15, 0.2) is 0 Å². The van der Waals surface area contributed by atoms with Gasteiger partial charge >= 0.3 is 0 Å². The van der Waals surface area contributed by atoms with Crippen molar-refractivity contribution in [2.24, 2.45) is 0 Å². The number of pyridine rings is 1. The molecule has 1 atom stereocenters. The lowest BCUT2D eigenvalue weighted by molar-refractivity contribution is -0.155. The summed E-state index contributed by atoms with van der Waals surface area (Å²) >= 11 is 0. The van der Waals surface area contributed by atoms with Crippen molar-refractivity contribution in [1.82, 2.24) is 14.8 Å². The van der Waals surface area contributed by atoms with Gasteiger partial charge in [-0.05, 0) is 24.1 Å². The molecule has 24 heavy (non-hydrogen) atoms. The van der Waals surface area contributed by atoms with Crippen LogP contribution in [0.4, 0.5) is 0 Å². The highest BCUT2D eigenvalue weighted by Gasteiger charge is 2.37. The van der Waals surface area contributed by atoms with Gasteiger partial charge in [0.05, 0.1) is 18.8 Å². The van der Waals surface area contributed by atoms with E-state index in [2.05, 4.69) is 4.98 Å². The van der Waals surface area contributed by atoms with Crippen LogP contribution < -0.4 is 0 Å². The average molecular weight is 323 g/mol. The lowest BCUT2D eigenvalue weighted by Gasteiger charge is -2.39. The van der Waals surface area contributed by atoms with Gasteiger partial charge in [-0.3, -0.25) is 14.6 Å². The first-order valence-electron chi connectivity index (χ1n) is 8.05. The van der Waals surface area contributed by atoms with Crippen LogP contribution in [0, 0.1) is 6.92 Å². The molecule has 0 spiro atoms. The van der Waals surface area contributed by atoms with E-state index in [1.807, 2.05) is 49.4 Å². The molecule has 2 amide bonds. The minimum absolute atomic E-state index is 0.0213. The fourth-order valence-electron chi connectivity index (χ4n) is 3.01. The number of likely N-dealkylation sites (N-methyl/N-ethyl adjacent to an activating group) is 1. The number of carbonyl (C=O) groups excluding carboxylic acids is 2. The highest BCUT2D eigenvalue weighted by molar-refractivity contribution is 5.94. The molecule has 0 saturated carbocycles. The third-order valence-corrected chi connectivity index (χ3v) is 4.44. The predicted octanol–water partition coefficient (Wildman–Crippen LogP) is 1.80. The Labute approximate surface area is 141 Å². The molecule has 1 saturated heterocycles. The zero-order valence-corrected chi connectivity index (χ0v) is 14.0. The van der Waals surface area contributed by atoms with Crippen molar-refractivity contribution >= 4 is 11.8 Å². The van der Waals surface area contributed by atoms with E-state index in [-0.39, 0.29) is 18.4 Å². The van der Waals surface area contributed by atoms with Crippen LogP contribution in [0.2, 0.25) is 0 Å². The summed E-state index contributed by atoms with van der Waals surface area (Å²) < 4.78 is 0. The van der Waals surface area contributed by atoms with Gasteiger partial charge in [-0.15, -0.1) is 0 Å². The lowest BCUT2D eigenvalue weighted by atomic mass is 10.0. The largest absolute Gasteiger partial charge is 0.335 e. The quantitative estimate of drug-likeness (QED) is 0.862. The van der Waals surface area contributed by atoms with Crippen LogP contribution in [0.15, 0.2) is 48.7 Å². The Morgan fingerprint density at radius 1 is 1.12 bits per heavy atom. The summed E-state index contributed by atoms with van der Waals surface area (Å²) in [4.78, 5) is 32.8. The van der Waals surface area contributed by atoms with E-state index in [1.54, 1.807) is 18.1 Å². The van der Waals surface area contributed by atoms with Crippen molar-refractivity contribution in [2.75, 3.05) is 13.6 Å². The summed E-state index contributed by atoms with van der Waals surface area (Å²) in [6, 6.07) is 13.2. The summed E-state index contributed by atoms with van der Waals surface area (Å²) in [7, 11) is 1.68. The standard InChI is InChI=1S/C19H21N3O2/c1-14-7-6-10-20-16(14)12-22-17(11-15-8-4-3-5-9-15)19(24)21(2)13-18(22)23/h3-10,17H,11-13H2,1-2H3/t17-/m0/s1. The van der Waals surface area contributed by atoms with Crippen molar-refractivity contribution < 1.29 is 9.59 Å². The number of hydrogen-bond donors (Lipinski definition) is 0. The number of amides is 2. The molecule has 3 rings (SSSR count). The molecule has 2 heterocycles. The number of carbonyl (C=O) groups is 2. The van der Waals surface area contributed by atoms with Crippen LogP contribution in [0.5, 0.6) is 0 Å². The Kier molecular flexibility index (Phi) is 4.60. The SMILES string of the molecule is Cc1cccnc1CN1C(=O)CN(C)C(=O)[C@@H]1Cc1ccccc1. The normalized spacial score (nSPS) is 18.2. The van der Waals surface area contributed by atoms with Gasteiger partial charge in [0.25, 0.3) is 0 Å². The second kappa shape index (κ2) is 6.83. The molecule has 1 aliphatic heterocycles. The van der Waals surface area contributed by atoms with Crippen LogP contribution in [-0.2, 0) is 22.6 Å². The maximum Gasteiger partial charge on any atom is 0.245 e. The molecular formula is C19H21N3O2. The summed E-state index contributed by atoms with van der Waals surface area (Å²) in [6.07, 6.45) is 2.23. The van der Waals surface area contributed by atoms with Gasteiger partial charge in [-0.25, -0.2) is 0 Å². The predicted molar refractivity (Wildman–Crippen MR) is 91.1 cm³/mol. The topological polar surface area (TPSA) is 53.5 Å². The number of nitrogens with zero attached hydrogens (tertiary/aromatic N) is 3. The molecule has 5 nitrogen and oxygen atoms in total. The summed E-state index contributed by atoms with van der Waals surface area (Å²) in [5.74, 6) is -0.0601. The number of benzene rings is 1. The molecule has 0 unspecified atom stereocenters. The van der Waals surface area contributed by atoms with Crippen molar-refractivity contribution in [3.8, 4) is 0 Å². The van der Waals surface area contributed by atoms with Crippen molar-refractivity contribution in [3.63, 3.8) is 0 Å². The van der Waals surface area contributed by atoms with Crippen LogP contribution in [0.3, 0.4) is 0 Å². The van der Waals surface area contributed by atoms with E-state index in [0.29, 0.717) is 13.0 Å². The first kappa shape index (κ1) is 16.2. The molecule has 1 aromatic heterocycles. The number of rotatable bonds is 4. The van der Waals surface area contributed by atoms with Crippen LogP contribution in [0.25, 0.3) is 0 Å². The highest BCUT2D eigenvalue weighted by Crippen LogP contribution is 2.19. The third kappa shape index (κ3) is 3.30. The van der Waals surface area contributed by atoms with E-state index in [1.165, 1.54) is 4.90 Å². The molecule has 5 heteroatoms. The van der Waals surface area contributed by atoms with Gasteiger partial charge < -0.3 is 9.80 Å². The van der Waals surface area contributed by atoms with Gasteiger partial charge in [0, 0.05) is 19.7 Å². The summed E-state index contributed by atoms with van der Waals surface area (Å²) in [5.41, 5.74) is 2.90. The number of piperazine rings is 1. The van der Waals surface area contributed by atoms with E-state index < -0.39 is 6.04 Å². The van der Waals surface area contributed by atoms with Gasteiger partial charge in [0.2, 0.25) is 11.8 Å². The molecule has 0 N–H and O–H groups in total. The molecule has 1 fully saturated rings. The molecule has 0 aliphatic carbocycles. The third-order valence-electron chi connectivity index (χ3n) is 4.44. The summed E-state index contributed by atoms with van der Waals surface area (Å²) in [5, 5.41) is 0. The minimum Gasteiger partial charge on any atom is -0.335 e. The number of hydrogen-bond acceptors (Lipinski definition) is 3. The maximum atomic E-state index is 12.7. The average Bonchev–Trinajstić information content (AvgIpc) is 2.58. The zero-order valence-electron chi connectivity index (χ0n) is 14.0. The molecule has 0 radical (unpaired) electrons. The summed E-state index contributed by atoms with van der Waals surface area (Å²) in [6.45, 7) is 2.45. The maximum absolute atomic E-state index is 12.7. The Morgan fingerprint density at radius 2 is 1.88 bits per heavy atom. The fraction of sp³-hybridized carbons (Fsp3) is 0.316. The first-order valence-corrected chi connectivity index (χ1v) is 8.05. The van der Waals surface area contributed by atoms with E-state index in [0.717, 1.165) is 16.8 Å². The van der Waals surface area contributed by atoms with Crippen molar-refractivity contribution in [2.45, 2.75) is 25.9 Å². The van der Waals surface area contributed by atoms with Crippen molar-refractivity contribution in [3.05, 3.63) is 65.5 Å². The fourth-order valence-corrected chi connectivity index (χ4v) is 3.01. The zero-order chi connectivity index (χ0) is 17.1. The number of aromatic nitrogens is 1. The molecular weight excluding hydrogens is 302 g/mol. The van der Waals surface area contributed by atoms with Crippen molar-refractivity contribution in [1.29, 1.82) is 0 Å². The molecule has 0 bridgehead atoms. The van der Waals surface area contributed by atoms with Gasteiger partial charge in [-0.2, -0.15) is 0 Å². The Bertz CT molecular complexity index is 745. The smallest absolute Gasteiger partial charge is 0.245 e. The Morgan fingerprint density at radius 3 is 2.58 bits per heavy atom. The second-order valence-electron chi connectivity index (χ2n) is 6.19. The van der Waals surface area contributed by atoms with E-state index in [9.17, 15) is 9.59 Å². The lowest BCUT2D eigenvalue weighted by Crippen LogP contribution is -2.59. The van der Waals surface area contributed by atoms with Crippen LogP contribution in [-0.4, -0.2) is 46.2 Å².